The van der Waals surface area contributed by atoms with Crippen molar-refractivity contribution in [2.75, 3.05) is 11.4 Å². The first kappa shape index (κ1) is 10.8. The lowest BCUT2D eigenvalue weighted by molar-refractivity contribution is 1.02. The molecule has 0 fully saturated rings. The van der Waals surface area contributed by atoms with Crippen LogP contribution in [0, 0.1) is 0 Å². The van der Waals surface area contributed by atoms with Crippen molar-refractivity contribution < 1.29 is 0 Å². The maximum absolute atomic E-state index is 5.66. The first-order valence-corrected chi connectivity index (χ1v) is 5.05. The van der Waals surface area contributed by atoms with Gasteiger partial charge in [-0.25, -0.2) is 0 Å². The second-order valence-electron chi connectivity index (χ2n) is 2.68. The molecule has 0 unspecified atom stereocenters. The first-order chi connectivity index (χ1) is 6.70. The fourth-order valence-corrected chi connectivity index (χ4v) is 1.69. The Hall–Kier alpha value is -1.23. The minimum atomic E-state index is 0.305. The summed E-state index contributed by atoms with van der Waals surface area (Å²) in [6, 6.07) is 7.77. The van der Waals surface area contributed by atoms with Crippen LogP contribution >= 0.6 is 15.9 Å². The number of hydrazone groups is 1. The van der Waals surface area contributed by atoms with E-state index in [0.717, 1.165) is 16.7 Å². The molecule has 0 aromatic heterocycles. The molecule has 1 aromatic rings. The second kappa shape index (κ2) is 4.85. The van der Waals surface area contributed by atoms with Gasteiger partial charge in [-0.05, 0) is 35.0 Å². The first-order valence-electron chi connectivity index (χ1n) is 4.26. The maximum Gasteiger partial charge on any atom is 0.217 e. The standard InChI is InChI=1S/C9H13BrN4/c1-2-14(9(11)13-12)8-6-4-3-5-7(8)10/h3-6H,2,12H2,1H3,(H2,11,13). The largest absolute Gasteiger partial charge is 0.368 e. The number of nitrogens with two attached hydrogens (primary N) is 2. The molecule has 0 atom stereocenters. The number of anilines is 1. The summed E-state index contributed by atoms with van der Waals surface area (Å²) in [6.45, 7) is 2.70. The van der Waals surface area contributed by atoms with Gasteiger partial charge in [0.05, 0.1) is 5.69 Å². The quantitative estimate of drug-likeness (QED) is 0.365. The molecule has 14 heavy (non-hydrogen) atoms. The molecule has 76 valence electrons. The SMILES string of the molecule is CCN(/C(N)=N/N)c1ccccc1Br. The van der Waals surface area contributed by atoms with Crippen LogP contribution in [0.1, 0.15) is 6.92 Å². The zero-order chi connectivity index (χ0) is 10.6. The van der Waals surface area contributed by atoms with Crippen molar-refractivity contribution >= 4 is 27.6 Å². The zero-order valence-electron chi connectivity index (χ0n) is 7.94. The molecule has 0 saturated heterocycles. The third-order valence-electron chi connectivity index (χ3n) is 1.87. The Morgan fingerprint density at radius 2 is 2.14 bits per heavy atom. The molecule has 0 amide bonds. The summed E-state index contributed by atoms with van der Waals surface area (Å²) in [5.74, 6) is 5.45. The summed E-state index contributed by atoms with van der Waals surface area (Å²) in [5, 5.41) is 3.48. The van der Waals surface area contributed by atoms with Crippen molar-refractivity contribution in [3.8, 4) is 0 Å². The molecule has 0 spiro atoms. The van der Waals surface area contributed by atoms with Crippen LogP contribution in [0.2, 0.25) is 0 Å². The molecule has 1 rings (SSSR count). The van der Waals surface area contributed by atoms with E-state index in [-0.39, 0.29) is 0 Å². The van der Waals surface area contributed by atoms with Gasteiger partial charge in [-0.15, -0.1) is 5.10 Å². The highest BCUT2D eigenvalue weighted by Crippen LogP contribution is 2.25. The smallest absolute Gasteiger partial charge is 0.217 e. The van der Waals surface area contributed by atoms with Crippen molar-refractivity contribution in [2.45, 2.75) is 6.92 Å². The van der Waals surface area contributed by atoms with Crippen LogP contribution in [0.25, 0.3) is 0 Å². The Labute approximate surface area is 91.7 Å². The van der Waals surface area contributed by atoms with Crippen molar-refractivity contribution in [2.24, 2.45) is 16.7 Å². The molecule has 0 aliphatic rings. The average molecular weight is 257 g/mol. The number of guanidine groups is 1. The van der Waals surface area contributed by atoms with E-state index in [1.807, 2.05) is 36.1 Å². The number of rotatable bonds is 2. The van der Waals surface area contributed by atoms with Crippen LogP contribution in [0.5, 0.6) is 0 Å². The molecule has 4 nitrogen and oxygen atoms in total. The van der Waals surface area contributed by atoms with Gasteiger partial charge in [0.2, 0.25) is 5.96 Å². The fraction of sp³-hybridized carbons (Fsp3) is 0.222. The molecule has 0 heterocycles. The molecule has 5 heteroatoms. The van der Waals surface area contributed by atoms with Crippen LogP contribution in [0.15, 0.2) is 33.8 Å². The van der Waals surface area contributed by atoms with E-state index >= 15 is 0 Å². The fourth-order valence-electron chi connectivity index (χ4n) is 1.20. The summed E-state index contributed by atoms with van der Waals surface area (Å²) in [5.41, 5.74) is 6.62. The summed E-state index contributed by atoms with van der Waals surface area (Å²) in [7, 11) is 0. The van der Waals surface area contributed by atoms with E-state index in [9.17, 15) is 0 Å². The monoisotopic (exact) mass is 256 g/mol. The number of halogens is 1. The van der Waals surface area contributed by atoms with Gasteiger partial charge in [0.15, 0.2) is 0 Å². The van der Waals surface area contributed by atoms with Crippen molar-refractivity contribution in [1.29, 1.82) is 0 Å². The Kier molecular flexibility index (Phi) is 3.76. The topological polar surface area (TPSA) is 67.6 Å². The second-order valence-corrected chi connectivity index (χ2v) is 3.54. The van der Waals surface area contributed by atoms with Gasteiger partial charge < -0.3 is 16.5 Å². The summed E-state index contributed by atoms with van der Waals surface area (Å²) in [6.07, 6.45) is 0. The van der Waals surface area contributed by atoms with Crippen molar-refractivity contribution in [1.82, 2.24) is 0 Å². The molecule has 0 aliphatic heterocycles. The Morgan fingerprint density at radius 1 is 1.50 bits per heavy atom. The summed E-state index contributed by atoms with van der Waals surface area (Å²) >= 11 is 3.44. The minimum Gasteiger partial charge on any atom is -0.368 e. The van der Waals surface area contributed by atoms with E-state index in [4.69, 9.17) is 11.6 Å². The van der Waals surface area contributed by atoms with Crippen LogP contribution in [0.4, 0.5) is 5.69 Å². The Bertz CT molecular complexity index is 337. The highest BCUT2D eigenvalue weighted by atomic mass is 79.9. The lowest BCUT2D eigenvalue weighted by Gasteiger charge is -2.22. The number of para-hydroxylation sites is 1. The predicted molar refractivity (Wildman–Crippen MR) is 63.0 cm³/mol. The van der Waals surface area contributed by atoms with E-state index in [1.165, 1.54) is 0 Å². The number of benzene rings is 1. The average Bonchev–Trinajstić information content (AvgIpc) is 2.21. The van der Waals surface area contributed by atoms with E-state index in [0.29, 0.717) is 5.96 Å². The van der Waals surface area contributed by atoms with Gasteiger partial charge >= 0.3 is 0 Å². The van der Waals surface area contributed by atoms with Gasteiger partial charge in [0.1, 0.15) is 0 Å². The van der Waals surface area contributed by atoms with Crippen LogP contribution in [-0.2, 0) is 0 Å². The van der Waals surface area contributed by atoms with Crippen molar-refractivity contribution in [3.63, 3.8) is 0 Å². The molecule has 0 radical (unpaired) electrons. The summed E-state index contributed by atoms with van der Waals surface area (Å²) in [4.78, 5) is 1.82. The van der Waals surface area contributed by atoms with Crippen LogP contribution in [-0.4, -0.2) is 12.5 Å². The Balaban J connectivity index is 3.07. The molecule has 1 aromatic carbocycles. The minimum absolute atomic E-state index is 0.305. The molecular formula is C9H13BrN4. The van der Waals surface area contributed by atoms with Gasteiger partial charge in [-0.1, -0.05) is 12.1 Å². The van der Waals surface area contributed by atoms with Gasteiger partial charge in [0, 0.05) is 11.0 Å². The highest BCUT2D eigenvalue weighted by molar-refractivity contribution is 9.10. The molecule has 4 N–H and O–H groups in total. The van der Waals surface area contributed by atoms with E-state index < -0.39 is 0 Å². The van der Waals surface area contributed by atoms with Crippen LogP contribution in [0.3, 0.4) is 0 Å². The van der Waals surface area contributed by atoms with E-state index in [1.54, 1.807) is 0 Å². The number of hydrogen-bond donors (Lipinski definition) is 2. The third-order valence-corrected chi connectivity index (χ3v) is 2.54. The molecule has 0 saturated carbocycles. The number of hydrogen-bond acceptors (Lipinski definition) is 2. The lowest BCUT2D eigenvalue weighted by atomic mass is 10.3. The molecular weight excluding hydrogens is 244 g/mol. The highest BCUT2D eigenvalue weighted by Gasteiger charge is 2.10. The van der Waals surface area contributed by atoms with Crippen LogP contribution < -0.4 is 16.5 Å². The van der Waals surface area contributed by atoms with Gasteiger partial charge in [0.25, 0.3) is 0 Å². The maximum atomic E-state index is 5.66. The lowest BCUT2D eigenvalue weighted by Crippen LogP contribution is -2.38. The molecule has 0 aliphatic carbocycles. The Morgan fingerprint density at radius 3 is 2.64 bits per heavy atom. The number of nitrogens with zero attached hydrogens (tertiary/aromatic N) is 2. The zero-order valence-corrected chi connectivity index (χ0v) is 9.53. The van der Waals surface area contributed by atoms with Gasteiger partial charge in [-0.3, -0.25) is 0 Å². The molecule has 0 bridgehead atoms. The van der Waals surface area contributed by atoms with Gasteiger partial charge in [-0.2, -0.15) is 0 Å². The van der Waals surface area contributed by atoms with E-state index in [2.05, 4.69) is 21.0 Å². The van der Waals surface area contributed by atoms with Crippen molar-refractivity contribution in [3.05, 3.63) is 28.7 Å². The third kappa shape index (κ3) is 2.17. The normalized spacial score (nSPS) is 11.4. The summed E-state index contributed by atoms with van der Waals surface area (Å²) < 4.78 is 0.966. The predicted octanol–water partition coefficient (Wildman–Crippen LogP) is 1.46.